The third-order valence-electron chi connectivity index (χ3n) is 7.63. The van der Waals surface area contributed by atoms with Crippen LogP contribution in [0.15, 0.2) is 35.3 Å². The summed E-state index contributed by atoms with van der Waals surface area (Å²) >= 11 is 0. The molecule has 3 aromatic rings. The smallest absolute Gasteiger partial charge is 0.264 e. The highest BCUT2D eigenvalue weighted by atomic mass is 16.2. The van der Waals surface area contributed by atoms with Crippen molar-refractivity contribution in [1.82, 2.24) is 29.3 Å². The Kier molecular flexibility index (Phi) is 6.61. The molecule has 3 aromatic heterocycles. The average molecular weight is 491 g/mol. The molecule has 1 atom stereocenters. The topological polar surface area (TPSA) is 113 Å². The molecule has 10 heteroatoms. The molecule has 2 aliphatic heterocycles. The summed E-state index contributed by atoms with van der Waals surface area (Å²) in [6, 6.07) is 7.92. The van der Waals surface area contributed by atoms with Gasteiger partial charge in [0.05, 0.1) is 10.9 Å². The molecular formula is C26H34N8O2. The number of rotatable bonds is 4. The minimum absolute atomic E-state index is 0.0350. The van der Waals surface area contributed by atoms with E-state index in [0.29, 0.717) is 53.5 Å². The molecule has 2 fully saturated rings. The van der Waals surface area contributed by atoms with Gasteiger partial charge >= 0.3 is 0 Å². The molecule has 0 unspecified atom stereocenters. The van der Waals surface area contributed by atoms with Crippen LogP contribution in [0.3, 0.4) is 0 Å². The fourth-order valence-corrected chi connectivity index (χ4v) is 5.60. The third kappa shape index (κ3) is 4.41. The first kappa shape index (κ1) is 24.2. The lowest BCUT2D eigenvalue weighted by molar-refractivity contribution is 0.0490. The van der Waals surface area contributed by atoms with Crippen LogP contribution >= 0.6 is 0 Å². The molecule has 0 aliphatic carbocycles. The van der Waals surface area contributed by atoms with E-state index in [-0.39, 0.29) is 11.5 Å². The number of aryl methyl sites for hydroxylation is 1. The first-order chi connectivity index (χ1) is 17.4. The zero-order chi connectivity index (χ0) is 25.4. The lowest BCUT2D eigenvalue weighted by Gasteiger charge is -2.47. The molecule has 5 heterocycles. The average Bonchev–Trinajstić information content (AvgIpc) is 2.90. The van der Waals surface area contributed by atoms with Crippen molar-refractivity contribution in [3.63, 3.8) is 0 Å². The Bertz CT molecular complexity index is 1330. The summed E-state index contributed by atoms with van der Waals surface area (Å²) in [7, 11) is 1.79. The van der Waals surface area contributed by atoms with Crippen molar-refractivity contribution in [2.75, 3.05) is 43.4 Å². The number of carbonyl (C=O) groups is 1. The maximum Gasteiger partial charge on any atom is 0.264 e. The largest absolute Gasteiger partial charge is 0.383 e. The van der Waals surface area contributed by atoms with Gasteiger partial charge in [0.2, 0.25) is 5.95 Å². The van der Waals surface area contributed by atoms with E-state index in [0.717, 1.165) is 44.6 Å². The summed E-state index contributed by atoms with van der Waals surface area (Å²) < 4.78 is 1.64. The number of piperidine rings is 1. The molecule has 0 radical (unpaired) electrons. The van der Waals surface area contributed by atoms with Crippen LogP contribution in [0.2, 0.25) is 0 Å². The highest BCUT2D eigenvalue weighted by Crippen LogP contribution is 2.26. The van der Waals surface area contributed by atoms with Crippen LogP contribution in [-0.2, 0) is 7.05 Å². The Labute approximate surface area is 210 Å². The van der Waals surface area contributed by atoms with Crippen molar-refractivity contribution in [2.45, 2.75) is 45.2 Å². The van der Waals surface area contributed by atoms with Crippen molar-refractivity contribution in [1.29, 1.82) is 0 Å². The lowest BCUT2D eigenvalue weighted by atomic mass is 9.97. The van der Waals surface area contributed by atoms with Crippen LogP contribution in [0.1, 0.15) is 42.2 Å². The molecule has 2 N–H and O–H groups in total. The maximum atomic E-state index is 13.0. The van der Waals surface area contributed by atoms with Gasteiger partial charge in [0.15, 0.2) is 5.65 Å². The van der Waals surface area contributed by atoms with Gasteiger partial charge in [-0.3, -0.25) is 19.1 Å². The molecule has 0 bridgehead atoms. The molecule has 190 valence electrons. The number of hydrogen-bond donors (Lipinski definition) is 1. The zero-order valence-corrected chi connectivity index (χ0v) is 21.2. The number of nitrogen functional groups attached to an aromatic ring is 1. The number of carbonyl (C=O) groups excluding carboxylic acids is 1. The van der Waals surface area contributed by atoms with E-state index in [1.165, 1.54) is 0 Å². The minimum Gasteiger partial charge on any atom is -0.383 e. The summed E-state index contributed by atoms with van der Waals surface area (Å²) in [5.41, 5.74) is 7.74. The van der Waals surface area contributed by atoms with Gasteiger partial charge in [-0.25, -0.2) is 9.97 Å². The van der Waals surface area contributed by atoms with Crippen LogP contribution < -0.4 is 16.2 Å². The van der Waals surface area contributed by atoms with Gasteiger partial charge < -0.3 is 15.5 Å². The van der Waals surface area contributed by atoms with Gasteiger partial charge in [0.1, 0.15) is 5.82 Å². The van der Waals surface area contributed by atoms with Gasteiger partial charge in [-0.2, -0.15) is 4.98 Å². The van der Waals surface area contributed by atoms with E-state index in [2.05, 4.69) is 26.7 Å². The Morgan fingerprint density at radius 1 is 1.11 bits per heavy atom. The SMILES string of the molecule is CC[C@H]1CN(c2nc3ncccc3c(=O)n2C)CCN1C1CCN(C(=O)c2ccc(C)nc2N)CC1. The molecule has 36 heavy (non-hydrogen) atoms. The number of amides is 1. The standard InChI is InChI=1S/C26H34N8O2/c1-4-18-16-33(26-30-23-21(6-5-11-28-23)24(35)31(26)3)14-15-34(18)19-9-12-32(13-10-19)25(36)20-8-7-17(2)29-22(20)27/h5-8,11,18-19H,4,9-10,12-16H2,1-3H3,(H2,27,29)/t18-/m0/s1. The number of likely N-dealkylation sites (tertiary alicyclic amines) is 1. The van der Waals surface area contributed by atoms with Crippen LogP contribution in [0, 0.1) is 6.92 Å². The second-order valence-corrected chi connectivity index (χ2v) is 9.81. The normalized spacial score (nSPS) is 19.7. The second kappa shape index (κ2) is 9.85. The minimum atomic E-state index is -0.0694. The first-order valence-corrected chi connectivity index (χ1v) is 12.7. The Morgan fingerprint density at radius 3 is 2.61 bits per heavy atom. The molecule has 0 aromatic carbocycles. The van der Waals surface area contributed by atoms with E-state index in [9.17, 15) is 9.59 Å². The van der Waals surface area contributed by atoms with E-state index in [4.69, 9.17) is 10.7 Å². The van der Waals surface area contributed by atoms with Gasteiger partial charge in [-0.05, 0) is 50.5 Å². The van der Waals surface area contributed by atoms with Gasteiger partial charge in [0, 0.05) is 63.7 Å². The zero-order valence-electron chi connectivity index (χ0n) is 21.2. The number of piperazine rings is 1. The molecular weight excluding hydrogens is 456 g/mol. The molecule has 2 aliphatic rings. The van der Waals surface area contributed by atoms with Crippen LogP contribution in [0.5, 0.6) is 0 Å². The molecule has 1 amide bonds. The van der Waals surface area contributed by atoms with Crippen molar-refractivity contribution < 1.29 is 4.79 Å². The highest BCUT2D eigenvalue weighted by Gasteiger charge is 2.35. The lowest BCUT2D eigenvalue weighted by Crippen LogP contribution is -2.59. The fourth-order valence-electron chi connectivity index (χ4n) is 5.60. The molecule has 2 saturated heterocycles. The monoisotopic (exact) mass is 490 g/mol. The van der Waals surface area contributed by atoms with Crippen molar-refractivity contribution in [3.8, 4) is 0 Å². The number of fused-ring (bicyclic) bond motifs is 1. The Morgan fingerprint density at radius 2 is 1.89 bits per heavy atom. The summed E-state index contributed by atoms with van der Waals surface area (Å²) in [4.78, 5) is 45.9. The number of aromatic nitrogens is 4. The summed E-state index contributed by atoms with van der Waals surface area (Å²) in [6.45, 7) is 7.98. The summed E-state index contributed by atoms with van der Waals surface area (Å²) in [5.74, 6) is 0.942. The van der Waals surface area contributed by atoms with Crippen LogP contribution in [0.4, 0.5) is 11.8 Å². The van der Waals surface area contributed by atoms with Gasteiger partial charge in [-0.1, -0.05) is 6.92 Å². The third-order valence-corrected chi connectivity index (χ3v) is 7.63. The van der Waals surface area contributed by atoms with E-state index < -0.39 is 0 Å². The number of hydrogen-bond acceptors (Lipinski definition) is 8. The Hall–Kier alpha value is -3.53. The Balaban J connectivity index is 1.26. The van der Waals surface area contributed by atoms with Crippen LogP contribution in [0.25, 0.3) is 11.0 Å². The van der Waals surface area contributed by atoms with Crippen molar-refractivity contribution in [3.05, 3.63) is 52.1 Å². The maximum absolute atomic E-state index is 13.0. The van der Waals surface area contributed by atoms with Crippen molar-refractivity contribution in [2.24, 2.45) is 7.05 Å². The molecule has 0 saturated carbocycles. The van der Waals surface area contributed by atoms with Gasteiger partial charge in [0.25, 0.3) is 11.5 Å². The second-order valence-electron chi connectivity index (χ2n) is 9.81. The number of nitrogens with zero attached hydrogens (tertiary/aromatic N) is 7. The number of anilines is 2. The number of pyridine rings is 2. The summed E-state index contributed by atoms with van der Waals surface area (Å²) in [6.07, 6.45) is 4.53. The highest BCUT2D eigenvalue weighted by molar-refractivity contribution is 5.98. The molecule has 10 nitrogen and oxygen atoms in total. The fraction of sp³-hybridized carbons (Fsp3) is 0.500. The molecule has 0 spiro atoms. The van der Waals surface area contributed by atoms with Gasteiger partial charge in [-0.15, -0.1) is 0 Å². The molecule has 5 rings (SSSR count). The van der Waals surface area contributed by atoms with E-state index >= 15 is 0 Å². The number of nitrogens with two attached hydrogens (primary N) is 1. The van der Waals surface area contributed by atoms with Crippen molar-refractivity contribution >= 4 is 28.7 Å². The summed E-state index contributed by atoms with van der Waals surface area (Å²) in [5, 5.41) is 0.541. The predicted molar refractivity (Wildman–Crippen MR) is 140 cm³/mol. The van der Waals surface area contributed by atoms with Crippen LogP contribution in [-0.4, -0.2) is 80.0 Å². The predicted octanol–water partition coefficient (Wildman–Crippen LogP) is 1.82. The first-order valence-electron chi connectivity index (χ1n) is 12.7. The van der Waals surface area contributed by atoms with E-state index in [1.54, 1.807) is 36.0 Å². The quantitative estimate of drug-likeness (QED) is 0.589. The van der Waals surface area contributed by atoms with E-state index in [1.807, 2.05) is 17.9 Å².